The molecule has 9 nitrogen and oxygen atoms in total. The van der Waals surface area contributed by atoms with Crippen LogP contribution < -0.4 is 10.0 Å². The molecule has 1 amide bonds. The minimum atomic E-state index is -3.98. The highest BCUT2D eigenvalue weighted by Crippen LogP contribution is 2.25. The summed E-state index contributed by atoms with van der Waals surface area (Å²) >= 11 is 2.85. The molecular formula is C12H17BrN2O7S. The lowest BCUT2D eigenvalue weighted by Crippen LogP contribution is -2.37. The van der Waals surface area contributed by atoms with Crippen molar-refractivity contribution in [2.75, 3.05) is 13.1 Å². The average molecular weight is 413 g/mol. The number of carboxylic acid groups (broad SMARTS) is 1. The number of nitrogens with one attached hydrogen (secondary N) is 2. The number of ether oxygens (including phenoxy) is 1. The standard InChI is InChI=1S/C12H17BrN2O7S/c1-12(2,3)22-11(18)14-4-5-15-23(19,20)8-6-7(10(16)17)21-9(8)13/h6,15H,4-5H2,1-3H3,(H,14,18)(H,16,17). The second kappa shape index (κ2) is 7.32. The van der Waals surface area contributed by atoms with E-state index in [4.69, 9.17) is 14.3 Å². The number of furan rings is 1. The number of halogens is 1. The first kappa shape index (κ1) is 19.5. The summed E-state index contributed by atoms with van der Waals surface area (Å²) in [6, 6.07) is 0.885. The topological polar surface area (TPSA) is 135 Å². The van der Waals surface area contributed by atoms with Crippen LogP contribution in [0.3, 0.4) is 0 Å². The molecule has 1 rings (SSSR count). The van der Waals surface area contributed by atoms with Crippen molar-refractivity contribution in [3.8, 4) is 0 Å². The summed E-state index contributed by atoms with van der Waals surface area (Å²) in [5.41, 5.74) is -0.654. The Hall–Kier alpha value is -1.59. The van der Waals surface area contributed by atoms with Crippen molar-refractivity contribution >= 4 is 38.0 Å². The van der Waals surface area contributed by atoms with Gasteiger partial charge in [0, 0.05) is 19.2 Å². The molecule has 3 N–H and O–H groups in total. The number of hydrogen-bond acceptors (Lipinski definition) is 6. The largest absolute Gasteiger partial charge is 0.475 e. The summed E-state index contributed by atoms with van der Waals surface area (Å²) in [5, 5.41) is 11.1. The first-order chi connectivity index (χ1) is 10.4. The Morgan fingerprint density at radius 1 is 1.35 bits per heavy atom. The first-order valence-corrected chi connectivity index (χ1v) is 8.69. The van der Waals surface area contributed by atoms with Gasteiger partial charge in [-0.2, -0.15) is 0 Å². The highest BCUT2D eigenvalue weighted by atomic mass is 79.9. The summed E-state index contributed by atoms with van der Waals surface area (Å²) in [6.07, 6.45) is -0.672. The van der Waals surface area contributed by atoms with Crippen LogP contribution in [0, 0.1) is 0 Å². The quantitative estimate of drug-likeness (QED) is 0.602. The lowest BCUT2D eigenvalue weighted by molar-refractivity contribution is 0.0528. The van der Waals surface area contributed by atoms with Gasteiger partial charge in [0.05, 0.1) is 0 Å². The summed E-state index contributed by atoms with van der Waals surface area (Å²) in [5.74, 6) is -1.90. The SMILES string of the molecule is CC(C)(C)OC(=O)NCCNS(=O)(=O)c1cc(C(=O)O)oc1Br. The van der Waals surface area contributed by atoms with Crippen molar-refractivity contribution in [2.45, 2.75) is 31.3 Å². The first-order valence-electron chi connectivity index (χ1n) is 6.41. The van der Waals surface area contributed by atoms with Gasteiger partial charge in [0.1, 0.15) is 10.5 Å². The third kappa shape index (κ3) is 6.20. The number of sulfonamides is 1. The van der Waals surface area contributed by atoms with Crippen molar-refractivity contribution in [1.82, 2.24) is 10.0 Å². The number of carbonyl (C=O) groups excluding carboxylic acids is 1. The molecule has 0 aliphatic heterocycles. The predicted octanol–water partition coefficient (Wildman–Crippen LogP) is 1.54. The van der Waals surface area contributed by atoms with E-state index in [1.165, 1.54) is 0 Å². The molecule has 0 saturated heterocycles. The highest BCUT2D eigenvalue weighted by Gasteiger charge is 2.24. The van der Waals surface area contributed by atoms with E-state index in [0.717, 1.165) is 6.07 Å². The molecule has 0 unspecified atom stereocenters. The minimum absolute atomic E-state index is 0.00456. The summed E-state index contributed by atoms with van der Waals surface area (Å²) in [7, 11) is -3.98. The van der Waals surface area contributed by atoms with Crippen LogP contribution in [-0.2, 0) is 14.8 Å². The van der Waals surface area contributed by atoms with Crippen LogP contribution in [0.4, 0.5) is 4.79 Å². The van der Waals surface area contributed by atoms with Crippen molar-refractivity contribution in [2.24, 2.45) is 0 Å². The molecule has 11 heteroatoms. The number of hydrogen-bond donors (Lipinski definition) is 3. The maximum absolute atomic E-state index is 12.0. The van der Waals surface area contributed by atoms with E-state index in [-0.39, 0.29) is 22.7 Å². The van der Waals surface area contributed by atoms with Crippen LogP contribution in [0.2, 0.25) is 0 Å². The molecule has 0 fully saturated rings. The number of carbonyl (C=O) groups is 2. The van der Waals surface area contributed by atoms with Crippen molar-refractivity contribution < 1.29 is 32.3 Å². The zero-order chi connectivity index (χ0) is 17.8. The van der Waals surface area contributed by atoms with Gasteiger partial charge in [-0.05, 0) is 36.7 Å². The second-order valence-electron chi connectivity index (χ2n) is 5.38. The van der Waals surface area contributed by atoms with Crippen LogP contribution >= 0.6 is 15.9 Å². The second-order valence-corrected chi connectivity index (χ2v) is 7.84. The van der Waals surface area contributed by atoms with E-state index in [2.05, 4.69) is 26.0 Å². The molecule has 0 aliphatic carbocycles. The molecule has 0 aliphatic rings. The molecular weight excluding hydrogens is 396 g/mol. The maximum atomic E-state index is 12.0. The lowest BCUT2D eigenvalue weighted by Gasteiger charge is -2.19. The Morgan fingerprint density at radius 2 is 1.96 bits per heavy atom. The average Bonchev–Trinajstić information content (AvgIpc) is 2.76. The smallest absolute Gasteiger partial charge is 0.407 e. The van der Waals surface area contributed by atoms with Gasteiger partial charge in [-0.25, -0.2) is 22.7 Å². The molecule has 23 heavy (non-hydrogen) atoms. The van der Waals surface area contributed by atoms with Gasteiger partial charge in [0.2, 0.25) is 15.8 Å². The zero-order valence-corrected chi connectivity index (χ0v) is 15.1. The fourth-order valence-electron chi connectivity index (χ4n) is 1.38. The molecule has 1 heterocycles. The summed E-state index contributed by atoms with van der Waals surface area (Å²) in [4.78, 5) is 21.8. The third-order valence-electron chi connectivity index (χ3n) is 2.24. The van der Waals surface area contributed by atoms with Gasteiger partial charge in [-0.1, -0.05) is 0 Å². The van der Waals surface area contributed by atoms with Crippen molar-refractivity contribution in [1.29, 1.82) is 0 Å². The van der Waals surface area contributed by atoms with Crippen molar-refractivity contribution in [3.05, 3.63) is 16.5 Å². The number of alkyl carbamates (subject to hydrolysis) is 1. The number of rotatable bonds is 6. The molecule has 130 valence electrons. The number of amides is 1. The van der Waals surface area contributed by atoms with Crippen LogP contribution in [0.15, 0.2) is 20.0 Å². The number of carboxylic acids is 1. The fraction of sp³-hybridized carbons (Fsp3) is 0.500. The van der Waals surface area contributed by atoms with Gasteiger partial charge < -0.3 is 19.6 Å². The Labute approximate surface area is 141 Å². The molecule has 0 radical (unpaired) electrons. The van der Waals surface area contributed by atoms with Gasteiger partial charge in [0.25, 0.3) is 0 Å². The third-order valence-corrected chi connectivity index (χ3v) is 4.56. The molecule has 0 saturated carbocycles. The molecule has 0 bridgehead atoms. The van der Waals surface area contributed by atoms with Gasteiger partial charge >= 0.3 is 12.1 Å². The molecule has 1 aromatic rings. The summed E-state index contributed by atoms with van der Waals surface area (Å²) < 4.78 is 35.8. The van der Waals surface area contributed by atoms with E-state index in [1.54, 1.807) is 20.8 Å². The van der Waals surface area contributed by atoms with Crippen LogP contribution in [-0.4, -0.2) is 44.3 Å². The van der Waals surface area contributed by atoms with Crippen LogP contribution in [0.5, 0.6) is 0 Å². The normalized spacial score (nSPS) is 12.0. The van der Waals surface area contributed by atoms with E-state index in [9.17, 15) is 18.0 Å². The van der Waals surface area contributed by atoms with Crippen LogP contribution in [0.25, 0.3) is 0 Å². The molecule has 0 aromatic carbocycles. The predicted molar refractivity (Wildman–Crippen MR) is 82.8 cm³/mol. The Balaban J connectivity index is 2.57. The van der Waals surface area contributed by atoms with Crippen LogP contribution in [0.1, 0.15) is 31.3 Å². The molecule has 0 atom stereocenters. The maximum Gasteiger partial charge on any atom is 0.407 e. The van der Waals surface area contributed by atoms with Gasteiger partial charge in [0.15, 0.2) is 4.67 Å². The molecule has 0 spiro atoms. The zero-order valence-electron chi connectivity index (χ0n) is 12.7. The Morgan fingerprint density at radius 3 is 2.43 bits per heavy atom. The van der Waals surface area contributed by atoms with E-state index in [0.29, 0.717) is 0 Å². The highest BCUT2D eigenvalue weighted by molar-refractivity contribution is 9.10. The van der Waals surface area contributed by atoms with Gasteiger partial charge in [-0.3, -0.25) is 0 Å². The van der Waals surface area contributed by atoms with Crippen molar-refractivity contribution in [3.63, 3.8) is 0 Å². The van der Waals surface area contributed by atoms with E-state index >= 15 is 0 Å². The number of aromatic carboxylic acids is 1. The monoisotopic (exact) mass is 412 g/mol. The van der Waals surface area contributed by atoms with Gasteiger partial charge in [-0.15, -0.1) is 0 Å². The lowest BCUT2D eigenvalue weighted by atomic mass is 10.2. The van der Waals surface area contributed by atoms with E-state index < -0.39 is 33.4 Å². The Kier molecular flexibility index (Phi) is 6.19. The fourth-order valence-corrected chi connectivity index (χ4v) is 3.35. The minimum Gasteiger partial charge on any atom is -0.475 e. The summed E-state index contributed by atoms with van der Waals surface area (Å²) in [6.45, 7) is 4.99. The molecule has 1 aromatic heterocycles. The Bertz CT molecular complexity index is 691. The van der Waals surface area contributed by atoms with E-state index in [1.807, 2.05) is 0 Å².